The zero-order chi connectivity index (χ0) is 27.6. The van der Waals surface area contributed by atoms with Crippen molar-refractivity contribution in [2.24, 2.45) is 0 Å². The van der Waals surface area contributed by atoms with Gasteiger partial charge in [0.25, 0.3) is 10.0 Å². The van der Waals surface area contributed by atoms with E-state index in [2.05, 4.69) is 30.3 Å². The quantitative estimate of drug-likeness (QED) is 0.172. The molecule has 0 radical (unpaired) electrons. The highest BCUT2D eigenvalue weighted by atomic mass is 35.5. The summed E-state index contributed by atoms with van der Waals surface area (Å²) in [6, 6.07) is 15.5. The van der Waals surface area contributed by atoms with Crippen molar-refractivity contribution < 1.29 is 13.2 Å². The summed E-state index contributed by atoms with van der Waals surface area (Å²) in [6.45, 7) is 1.77. The molecule has 0 aliphatic carbocycles. The Bertz CT molecular complexity index is 1760. The normalized spacial score (nSPS) is 12.2. The van der Waals surface area contributed by atoms with Gasteiger partial charge in [-0.25, -0.2) is 13.2 Å². The molecule has 198 valence electrons. The Balaban J connectivity index is 1.23. The summed E-state index contributed by atoms with van der Waals surface area (Å²) >= 11 is 13.0. The molecule has 2 heterocycles. The van der Waals surface area contributed by atoms with E-state index < -0.39 is 22.1 Å². The summed E-state index contributed by atoms with van der Waals surface area (Å²) in [5.41, 5.74) is 3.59. The number of aromatic amines is 1. The van der Waals surface area contributed by atoms with E-state index in [1.807, 2.05) is 6.07 Å². The molecule has 0 fully saturated rings. The van der Waals surface area contributed by atoms with Crippen LogP contribution in [-0.2, 0) is 10.0 Å². The number of nitrogens with zero attached hydrogens (tertiary/aromatic N) is 2. The largest absolute Gasteiger partial charge is 0.361 e. The van der Waals surface area contributed by atoms with Gasteiger partial charge < -0.3 is 15.6 Å². The molecule has 0 spiro atoms. The molecule has 1 unspecified atom stereocenters. The first kappa shape index (κ1) is 26.5. The van der Waals surface area contributed by atoms with Crippen LogP contribution in [-0.4, -0.2) is 29.4 Å². The van der Waals surface area contributed by atoms with E-state index in [1.165, 1.54) is 24.3 Å². The van der Waals surface area contributed by atoms with Gasteiger partial charge >= 0.3 is 6.03 Å². The monoisotopic (exact) mass is 580 g/mol. The Hall–Kier alpha value is -4.12. The molecule has 0 bridgehead atoms. The minimum atomic E-state index is -3.82. The molecule has 4 N–H and O–H groups in total. The summed E-state index contributed by atoms with van der Waals surface area (Å²) < 4.78 is 28.2. The van der Waals surface area contributed by atoms with Crippen molar-refractivity contribution in [3.63, 3.8) is 0 Å². The number of halogens is 2. The molecule has 2 aromatic heterocycles. The second-order valence-corrected chi connectivity index (χ2v) is 11.1. The van der Waals surface area contributed by atoms with Gasteiger partial charge in [0, 0.05) is 46.4 Å². The number of carbonyl (C=O) groups is 1. The third kappa shape index (κ3) is 5.83. The number of hydrogen-bond donors (Lipinski definition) is 4. The maximum atomic E-state index is 12.8. The van der Waals surface area contributed by atoms with Crippen LogP contribution in [0.15, 0.2) is 90.3 Å². The third-order valence-electron chi connectivity index (χ3n) is 5.99. The van der Waals surface area contributed by atoms with E-state index in [0.29, 0.717) is 38.2 Å². The summed E-state index contributed by atoms with van der Waals surface area (Å²) in [5, 5.41) is 7.00. The fourth-order valence-corrected chi connectivity index (χ4v) is 5.67. The van der Waals surface area contributed by atoms with E-state index >= 15 is 0 Å². The maximum Gasteiger partial charge on any atom is 0.319 e. The van der Waals surface area contributed by atoms with Gasteiger partial charge in [-0.3, -0.25) is 14.7 Å². The Morgan fingerprint density at radius 1 is 0.949 bits per heavy atom. The van der Waals surface area contributed by atoms with Crippen LogP contribution in [0.25, 0.3) is 22.2 Å². The minimum absolute atomic E-state index is 0.0561. The predicted molar refractivity (Wildman–Crippen MR) is 154 cm³/mol. The molecule has 39 heavy (non-hydrogen) atoms. The molecule has 0 aliphatic heterocycles. The molecule has 12 heteroatoms. The smallest absolute Gasteiger partial charge is 0.319 e. The van der Waals surface area contributed by atoms with E-state index in [-0.39, 0.29) is 4.90 Å². The fraction of sp³-hybridized carbons (Fsp3) is 0.0741. The predicted octanol–water partition coefficient (Wildman–Crippen LogP) is 6.62. The van der Waals surface area contributed by atoms with Gasteiger partial charge in [-0.1, -0.05) is 35.3 Å². The second-order valence-electron chi connectivity index (χ2n) is 8.65. The highest BCUT2D eigenvalue weighted by Gasteiger charge is 2.19. The van der Waals surface area contributed by atoms with Crippen LogP contribution in [0.2, 0.25) is 10.0 Å². The first-order chi connectivity index (χ1) is 18.7. The van der Waals surface area contributed by atoms with Gasteiger partial charge in [-0.15, -0.1) is 0 Å². The van der Waals surface area contributed by atoms with E-state index in [0.717, 1.165) is 10.9 Å². The zero-order valence-corrected chi connectivity index (χ0v) is 22.8. The minimum Gasteiger partial charge on any atom is -0.361 e. The SMILES string of the molecule is CC(NC(=O)Nc1ccc(S(=O)(=O)Nc2ccc3[nH]ccc3c2)cc1)c1ccc(-c2cnccn2)c(Cl)c1Cl. The number of aromatic nitrogens is 3. The lowest BCUT2D eigenvalue weighted by molar-refractivity contribution is 0.249. The van der Waals surface area contributed by atoms with Crippen LogP contribution in [0.3, 0.4) is 0 Å². The van der Waals surface area contributed by atoms with Crippen LogP contribution in [0.5, 0.6) is 0 Å². The summed E-state index contributed by atoms with van der Waals surface area (Å²) in [7, 11) is -3.82. The van der Waals surface area contributed by atoms with Crippen LogP contribution < -0.4 is 15.4 Å². The van der Waals surface area contributed by atoms with Crippen molar-refractivity contribution >= 4 is 61.5 Å². The lowest BCUT2D eigenvalue weighted by Gasteiger charge is -2.18. The topological polar surface area (TPSA) is 129 Å². The first-order valence-corrected chi connectivity index (χ1v) is 14.0. The lowest BCUT2D eigenvalue weighted by atomic mass is 10.0. The second kappa shape index (κ2) is 10.9. The van der Waals surface area contributed by atoms with Gasteiger partial charge in [0.05, 0.1) is 32.9 Å². The van der Waals surface area contributed by atoms with Crippen molar-refractivity contribution in [3.8, 4) is 11.3 Å². The number of anilines is 2. The van der Waals surface area contributed by atoms with Crippen molar-refractivity contribution in [3.05, 3.63) is 101 Å². The van der Waals surface area contributed by atoms with Gasteiger partial charge in [0.2, 0.25) is 0 Å². The number of rotatable bonds is 7. The van der Waals surface area contributed by atoms with E-state index in [4.69, 9.17) is 23.2 Å². The Kier molecular flexibility index (Phi) is 7.42. The van der Waals surface area contributed by atoms with Crippen molar-refractivity contribution in [2.75, 3.05) is 10.0 Å². The molecule has 1 atom stereocenters. The van der Waals surface area contributed by atoms with Crippen LogP contribution in [0, 0.1) is 0 Å². The van der Waals surface area contributed by atoms with Crippen LogP contribution in [0.4, 0.5) is 16.2 Å². The summed E-state index contributed by atoms with van der Waals surface area (Å²) in [4.78, 5) is 24.0. The van der Waals surface area contributed by atoms with Crippen molar-refractivity contribution in [2.45, 2.75) is 17.9 Å². The molecule has 2 amide bonds. The lowest BCUT2D eigenvalue weighted by Crippen LogP contribution is -2.31. The summed E-state index contributed by atoms with van der Waals surface area (Å²) in [5.74, 6) is 0. The van der Waals surface area contributed by atoms with Gasteiger partial charge in [0.1, 0.15) is 0 Å². The number of hydrogen-bond acceptors (Lipinski definition) is 5. The molecule has 0 saturated heterocycles. The molecule has 3 aromatic carbocycles. The number of fused-ring (bicyclic) bond motifs is 1. The molecular weight excluding hydrogens is 559 g/mol. The molecule has 0 saturated carbocycles. The number of sulfonamides is 1. The number of H-pyrrole nitrogens is 1. The van der Waals surface area contributed by atoms with Crippen LogP contribution >= 0.6 is 23.2 Å². The number of urea groups is 1. The van der Waals surface area contributed by atoms with E-state index in [1.54, 1.807) is 62.0 Å². The number of amides is 2. The third-order valence-corrected chi connectivity index (χ3v) is 8.29. The zero-order valence-electron chi connectivity index (χ0n) is 20.4. The standard InChI is InChI=1S/C27H22Cl2N6O3S/c1-16(21-7-8-22(26(29)25(21)28)24-15-30-12-13-32-24)33-27(36)34-18-2-5-20(6-3-18)39(37,38)35-19-4-9-23-17(14-19)10-11-31-23/h2-16,31,35H,1H3,(H2,33,34,36). The fourth-order valence-electron chi connectivity index (χ4n) is 4.02. The maximum absolute atomic E-state index is 12.8. The highest BCUT2D eigenvalue weighted by molar-refractivity contribution is 7.92. The molecular formula is C27H22Cl2N6O3S. The van der Waals surface area contributed by atoms with E-state index in [9.17, 15) is 13.2 Å². The Morgan fingerprint density at radius 3 is 2.46 bits per heavy atom. The van der Waals surface area contributed by atoms with Crippen molar-refractivity contribution in [1.29, 1.82) is 0 Å². The molecule has 5 rings (SSSR count). The number of carbonyl (C=O) groups excluding carboxylic acids is 1. The average molecular weight is 581 g/mol. The van der Waals surface area contributed by atoms with Gasteiger partial charge in [-0.2, -0.15) is 0 Å². The molecule has 5 aromatic rings. The Labute approximate surface area is 234 Å². The van der Waals surface area contributed by atoms with Crippen molar-refractivity contribution in [1.82, 2.24) is 20.3 Å². The molecule has 0 aliphatic rings. The first-order valence-electron chi connectivity index (χ1n) is 11.7. The number of benzene rings is 3. The van der Waals surface area contributed by atoms with Gasteiger partial charge in [-0.05, 0) is 61.0 Å². The average Bonchev–Trinajstić information content (AvgIpc) is 3.38. The highest BCUT2D eigenvalue weighted by Crippen LogP contribution is 2.37. The number of nitrogens with one attached hydrogen (secondary N) is 4. The summed E-state index contributed by atoms with van der Waals surface area (Å²) in [6.07, 6.45) is 6.49. The van der Waals surface area contributed by atoms with Crippen LogP contribution in [0.1, 0.15) is 18.5 Å². The molecule has 9 nitrogen and oxygen atoms in total. The Morgan fingerprint density at radius 2 is 1.72 bits per heavy atom. The van der Waals surface area contributed by atoms with Gasteiger partial charge in [0.15, 0.2) is 0 Å².